The van der Waals surface area contributed by atoms with Crippen LogP contribution in [0.5, 0.6) is 0 Å². The predicted octanol–water partition coefficient (Wildman–Crippen LogP) is 3.91. The summed E-state index contributed by atoms with van der Waals surface area (Å²) in [5, 5.41) is 11.0. The number of sulfonamides is 1. The van der Waals surface area contributed by atoms with E-state index in [2.05, 4.69) is 18.6 Å². The van der Waals surface area contributed by atoms with E-state index in [-0.39, 0.29) is 4.90 Å². The first-order valence-corrected chi connectivity index (χ1v) is 8.69. The van der Waals surface area contributed by atoms with Gasteiger partial charge in [0.1, 0.15) is 0 Å². The molecular weight excluding hydrogens is 316 g/mol. The van der Waals surface area contributed by atoms with Crippen LogP contribution in [0.25, 0.3) is 0 Å². The van der Waals surface area contributed by atoms with Crippen molar-refractivity contribution < 1.29 is 13.3 Å². The Hall–Kier alpha value is -2.41. The lowest BCUT2D eigenvalue weighted by Gasteiger charge is -2.11. The van der Waals surface area contributed by atoms with Gasteiger partial charge in [-0.1, -0.05) is 38.1 Å². The van der Waals surface area contributed by atoms with Gasteiger partial charge in [-0.25, -0.2) is 8.42 Å². The van der Waals surface area contributed by atoms with Crippen molar-refractivity contribution in [1.29, 1.82) is 0 Å². The maximum atomic E-state index is 12.4. The summed E-state index contributed by atoms with van der Waals surface area (Å²) in [6.45, 7) is 4.17. The van der Waals surface area contributed by atoms with E-state index in [9.17, 15) is 18.5 Å². The van der Waals surface area contributed by atoms with E-state index < -0.39 is 20.6 Å². The van der Waals surface area contributed by atoms with E-state index in [1.807, 2.05) is 12.1 Å². The molecule has 0 aliphatic heterocycles. The lowest BCUT2D eigenvalue weighted by molar-refractivity contribution is -0.387. The van der Waals surface area contributed by atoms with Crippen LogP contribution in [0.15, 0.2) is 53.4 Å². The molecule has 2 aromatic carbocycles. The van der Waals surface area contributed by atoms with Crippen LogP contribution in [-0.4, -0.2) is 13.3 Å². The fraction of sp³-hybridized carbons (Fsp3) is 0.250. The van der Waals surface area contributed by atoms with Crippen molar-refractivity contribution in [3.05, 3.63) is 64.2 Å². The number of nitrogens with one attached hydrogen (secondary N) is 1. The van der Waals surface area contributed by atoms with Gasteiger partial charge in [0.2, 0.25) is 0 Å². The smallest absolute Gasteiger partial charge is 0.279 e. The van der Waals surface area contributed by atoms with Gasteiger partial charge in [-0.3, -0.25) is 14.8 Å². The van der Waals surface area contributed by atoms with Crippen LogP contribution >= 0.6 is 0 Å². The Balaban J connectivity index is 2.30. The number of para-hydroxylation sites is 1. The van der Waals surface area contributed by atoms with E-state index in [1.165, 1.54) is 24.3 Å². The first-order chi connectivity index (χ1) is 10.8. The fourth-order valence-electron chi connectivity index (χ4n) is 2.16. The Kier molecular flexibility index (Phi) is 5.00. The third-order valence-corrected chi connectivity index (χ3v) is 5.12. The van der Waals surface area contributed by atoms with Gasteiger partial charge in [-0.15, -0.1) is 0 Å². The number of anilines is 1. The van der Waals surface area contributed by atoms with Crippen molar-refractivity contribution in [3.63, 3.8) is 0 Å². The molecule has 0 radical (unpaired) electrons. The highest BCUT2D eigenvalue weighted by molar-refractivity contribution is 7.92. The molecule has 0 saturated carbocycles. The van der Waals surface area contributed by atoms with Gasteiger partial charge in [0.25, 0.3) is 15.7 Å². The molecule has 7 heteroatoms. The molecule has 2 aromatic rings. The second kappa shape index (κ2) is 6.78. The lowest BCUT2D eigenvalue weighted by Crippen LogP contribution is -2.14. The Morgan fingerprint density at radius 3 is 2.30 bits per heavy atom. The van der Waals surface area contributed by atoms with Crippen LogP contribution in [0.2, 0.25) is 0 Å². The van der Waals surface area contributed by atoms with E-state index in [0.29, 0.717) is 11.6 Å². The highest BCUT2D eigenvalue weighted by atomic mass is 32.2. The van der Waals surface area contributed by atoms with Crippen molar-refractivity contribution in [3.8, 4) is 0 Å². The lowest BCUT2D eigenvalue weighted by atomic mass is 9.99. The summed E-state index contributed by atoms with van der Waals surface area (Å²) in [6, 6.07) is 12.3. The summed E-state index contributed by atoms with van der Waals surface area (Å²) < 4.78 is 27.2. The molecule has 0 aliphatic carbocycles. The minimum Gasteiger partial charge on any atom is -0.279 e. The van der Waals surface area contributed by atoms with E-state index in [0.717, 1.165) is 12.0 Å². The number of nitro benzene ring substituents is 1. The molecule has 0 bridgehead atoms. The Bertz CT molecular complexity index is 801. The first-order valence-electron chi connectivity index (χ1n) is 7.21. The fourth-order valence-corrected chi connectivity index (χ4v) is 3.39. The zero-order valence-electron chi connectivity index (χ0n) is 12.9. The van der Waals surface area contributed by atoms with E-state index in [4.69, 9.17) is 0 Å². The van der Waals surface area contributed by atoms with Crippen LogP contribution < -0.4 is 4.72 Å². The third kappa shape index (κ3) is 3.87. The monoisotopic (exact) mass is 334 g/mol. The topological polar surface area (TPSA) is 89.3 Å². The minimum atomic E-state index is -4.02. The van der Waals surface area contributed by atoms with Gasteiger partial charge in [0, 0.05) is 11.8 Å². The van der Waals surface area contributed by atoms with Crippen molar-refractivity contribution in [2.24, 2.45) is 0 Å². The third-order valence-electron chi connectivity index (χ3n) is 3.70. The molecule has 0 spiro atoms. The number of rotatable bonds is 6. The quantitative estimate of drug-likeness (QED) is 0.640. The van der Waals surface area contributed by atoms with E-state index >= 15 is 0 Å². The molecule has 1 atom stereocenters. The summed E-state index contributed by atoms with van der Waals surface area (Å²) in [4.78, 5) is 9.93. The summed E-state index contributed by atoms with van der Waals surface area (Å²) in [5.41, 5.74) is 1.03. The molecule has 0 amide bonds. The SMILES string of the molecule is CC[C@H](C)c1ccc(NS(=O)(=O)c2ccccc2[N+](=O)[O-])cc1. The summed E-state index contributed by atoms with van der Waals surface area (Å²) in [5.74, 6) is 0.385. The van der Waals surface area contributed by atoms with Crippen LogP contribution in [-0.2, 0) is 10.0 Å². The van der Waals surface area contributed by atoms with Crippen molar-refractivity contribution in [1.82, 2.24) is 0 Å². The van der Waals surface area contributed by atoms with Crippen LogP contribution in [0.4, 0.5) is 11.4 Å². The summed E-state index contributed by atoms with van der Waals surface area (Å²) >= 11 is 0. The molecule has 0 unspecified atom stereocenters. The molecule has 6 nitrogen and oxygen atoms in total. The molecule has 0 aliphatic rings. The molecule has 2 rings (SSSR count). The molecule has 0 saturated heterocycles. The van der Waals surface area contributed by atoms with E-state index in [1.54, 1.807) is 12.1 Å². The standard InChI is InChI=1S/C16H18N2O4S/c1-3-12(2)13-8-10-14(11-9-13)17-23(21,22)16-7-5-4-6-15(16)18(19)20/h4-12,17H,3H2,1-2H3/t12-/m0/s1. The molecule has 0 aromatic heterocycles. The number of nitro groups is 1. The second-order valence-electron chi connectivity index (χ2n) is 5.26. The van der Waals surface area contributed by atoms with Crippen molar-refractivity contribution in [2.75, 3.05) is 4.72 Å². The number of benzene rings is 2. The molecule has 0 fully saturated rings. The Morgan fingerprint density at radius 2 is 1.74 bits per heavy atom. The average Bonchev–Trinajstić information content (AvgIpc) is 2.54. The summed E-state index contributed by atoms with van der Waals surface area (Å²) in [7, 11) is -4.02. The zero-order chi connectivity index (χ0) is 17.0. The van der Waals surface area contributed by atoms with Gasteiger partial charge in [0.15, 0.2) is 4.90 Å². The second-order valence-corrected chi connectivity index (χ2v) is 6.91. The summed E-state index contributed by atoms with van der Waals surface area (Å²) in [6.07, 6.45) is 0.987. The predicted molar refractivity (Wildman–Crippen MR) is 89.1 cm³/mol. The average molecular weight is 334 g/mol. The van der Waals surface area contributed by atoms with Crippen LogP contribution in [0.1, 0.15) is 31.7 Å². The molecule has 122 valence electrons. The highest BCUT2D eigenvalue weighted by Crippen LogP contribution is 2.26. The van der Waals surface area contributed by atoms with Gasteiger partial charge in [-0.05, 0) is 36.1 Å². The van der Waals surface area contributed by atoms with Crippen molar-refractivity contribution in [2.45, 2.75) is 31.1 Å². The minimum absolute atomic E-state index is 0.351. The van der Waals surface area contributed by atoms with Gasteiger partial charge >= 0.3 is 0 Å². The maximum absolute atomic E-state index is 12.4. The zero-order valence-corrected chi connectivity index (χ0v) is 13.7. The largest absolute Gasteiger partial charge is 0.289 e. The molecule has 23 heavy (non-hydrogen) atoms. The van der Waals surface area contributed by atoms with Crippen LogP contribution in [0, 0.1) is 10.1 Å². The van der Waals surface area contributed by atoms with Crippen LogP contribution in [0.3, 0.4) is 0 Å². The van der Waals surface area contributed by atoms with Gasteiger partial charge in [-0.2, -0.15) is 0 Å². The van der Waals surface area contributed by atoms with Crippen molar-refractivity contribution >= 4 is 21.4 Å². The Labute approximate surface area is 135 Å². The number of hydrogen-bond acceptors (Lipinski definition) is 4. The molecule has 0 heterocycles. The Morgan fingerprint density at radius 1 is 1.13 bits per heavy atom. The highest BCUT2D eigenvalue weighted by Gasteiger charge is 2.25. The molecule has 1 N–H and O–H groups in total. The number of hydrogen-bond donors (Lipinski definition) is 1. The molecular formula is C16H18N2O4S. The normalized spacial score (nSPS) is 12.6. The van der Waals surface area contributed by atoms with Gasteiger partial charge < -0.3 is 0 Å². The van der Waals surface area contributed by atoms with Gasteiger partial charge in [0.05, 0.1) is 4.92 Å². The number of nitrogens with zero attached hydrogens (tertiary/aromatic N) is 1. The maximum Gasteiger partial charge on any atom is 0.289 e. The first kappa shape index (κ1) is 17.0.